The van der Waals surface area contributed by atoms with Crippen molar-refractivity contribution in [2.75, 3.05) is 6.54 Å². The van der Waals surface area contributed by atoms with Crippen molar-refractivity contribution >= 4 is 27.4 Å². The minimum absolute atomic E-state index is 0.0645. The van der Waals surface area contributed by atoms with Crippen LogP contribution in [0.1, 0.15) is 27.2 Å². The normalized spacial score (nSPS) is 20.6. The van der Waals surface area contributed by atoms with Gasteiger partial charge in [-0.05, 0) is 45.0 Å². The molecule has 2 aromatic rings. The number of halogens is 1. The average Bonchev–Trinajstić information content (AvgIpc) is 3.25. The van der Waals surface area contributed by atoms with Gasteiger partial charge in [0.15, 0.2) is 16.1 Å². The molecule has 1 aromatic heterocycles. The van der Waals surface area contributed by atoms with E-state index in [-0.39, 0.29) is 28.9 Å². The van der Waals surface area contributed by atoms with Crippen LogP contribution in [0, 0.1) is 5.41 Å². The van der Waals surface area contributed by atoms with Crippen LogP contribution in [0.15, 0.2) is 41.6 Å². The van der Waals surface area contributed by atoms with Crippen LogP contribution < -0.4 is 5.32 Å². The second kappa shape index (κ2) is 7.26. The molecule has 7 nitrogen and oxygen atoms in total. The third kappa shape index (κ3) is 4.17. The molecule has 2 heterocycles. The number of hydrogen-bond donors (Lipinski definition) is 1. The summed E-state index contributed by atoms with van der Waals surface area (Å²) >= 11 is 6.26. The van der Waals surface area contributed by atoms with E-state index in [2.05, 4.69) is 10.4 Å². The zero-order valence-corrected chi connectivity index (χ0v) is 16.9. The average molecular weight is 412 g/mol. The number of ether oxygens (including phenoxy) is 1. The minimum Gasteiger partial charge on any atom is -0.446 e. The number of aromatic nitrogens is 2. The summed E-state index contributed by atoms with van der Waals surface area (Å²) in [7, 11) is -3.67. The maximum absolute atomic E-state index is 13.0. The second-order valence-electron chi connectivity index (χ2n) is 7.52. The van der Waals surface area contributed by atoms with Gasteiger partial charge >= 0.3 is 5.97 Å². The summed E-state index contributed by atoms with van der Waals surface area (Å²) in [5, 5.41) is 6.48. The van der Waals surface area contributed by atoms with Crippen LogP contribution in [-0.4, -0.2) is 42.2 Å². The monoisotopic (exact) mass is 411 g/mol. The molecule has 0 bridgehead atoms. The van der Waals surface area contributed by atoms with Gasteiger partial charge in [0, 0.05) is 25.4 Å². The van der Waals surface area contributed by atoms with Crippen LogP contribution in [0.4, 0.5) is 0 Å². The Morgan fingerprint density at radius 2 is 2.11 bits per heavy atom. The smallest absolute Gasteiger partial charge is 0.312 e. The van der Waals surface area contributed by atoms with Crippen molar-refractivity contribution in [3.05, 3.63) is 41.7 Å². The van der Waals surface area contributed by atoms with Crippen LogP contribution in [0.3, 0.4) is 0 Å². The predicted octanol–water partition coefficient (Wildman–Crippen LogP) is 2.58. The highest BCUT2D eigenvalue weighted by atomic mass is 35.5. The molecule has 1 aliphatic heterocycles. The van der Waals surface area contributed by atoms with Gasteiger partial charge in [0.1, 0.15) is 0 Å². The van der Waals surface area contributed by atoms with Gasteiger partial charge in [-0.15, -0.1) is 0 Å². The summed E-state index contributed by atoms with van der Waals surface area (Å²) in [6.07, 6.45) is 2.93. The number of nitrogens with zero attached hydrogens (tertiary/aromatic N) is 2. The first-order valence-corrected chi connectivity index (χ1v) is 10.5. The first kappa shape index (κ1) is 19.9. The molecule has 3 rings (SSSR count). The number of esters is 1. The Morgan fingerprint density at radius 1 is 1.37 bits per heavy atom. The van der Waals surface area contributed by atoms with Crippen LogP contribution in [0.2, 0.25) is 5.02 Å². The fraction of sp³-hybridized carbons (Fsp3) is 0.444. The van der Waals surface area contributed by atoms with Gasteiger partial charge in [0.2, 0.25) is 0 Å². The Hall–Kier alpha value is -1.90. The van der Waals surface area contributed by atoms with Gasteiger partial charge < -0.3 is 4.74 Å². The molecule has 0 aliphatic carbocycles. The molecule has 1 unspecified atom stereocenters. The number of sulfone groups is 1. The summed E-state index contributed by atoms with van der Waals surface area (Å²) in [5.41, 5.74) is 0.0232. The Kier molecular flexibility index (Phi) is 5.33. The van der Waals surface area contributed by atoms with E-state index in [4.69, 9.17) is 16.3 Å². The molecule has 1 N–H and O–H groups in total. The second-order valence-corrected chi connectivity index (χ2v) is 10.1. The van der Waals surface area contributed by atoms with Crippen molar-refractivity contribution in [3.8, 4) is 5.69 Å². The molecule has 9 heteroatoms. The van der Waals surface area contributed by atoms with Crippen molar-refractivity contribution in [1.82, 2.24) is 15.1 Å². The summed E-state index contributed by atoms with van der Waals surface area (Å²) in [4.78, 5) is 12.1. The maximum atomic E-state index is 13.0. The van der Waals surface area contributed by atoms with E-state index in [0.29, 0.717) is 5.69 Å². The van der Waals surface area contributed by atoms with Crippen molar-refractivity contribution in [2.45, 2.75) is 43.6 Å². The summed E-state index contributed by atoms with van der Waals surface area (Å²) < 4.78 is 33.0. The maximum Gasteiger partial charge on any atom is 0.312 e. The number of hydrogen-bond acceptors (Lipinski definition) is 6. The van der Waals surface area contributed by atoms with Gasteiger partial charge in [-0.1, -0.05) is 11.6 Å². The van der Waals surface area contributed by atoms with Crippen LogP contribution in [0.25, 0.3) is 5.69 Å². The third-order valence-electron chi connectivity index (χ3n) is 4.34. The molecule has 0 saturated carbocycles. The molecule has 0 amide bonds. The lowest BCUT2D eigenvalue weighted by molar-refractivity contribution is -0.159. The molecule has 1 fully saturated rings. The molecule has 27 heavy (non-hydrogen) atoms. The van der Waals surface area contributed by atoms with Crippen molar-refractivity contribution in [2.24, 2.45) is 5.41 Å². The molecule has 146 valence electrons. The molecular formula is C18H22ClN3O4S. The highest BCUT2D eigenvalue weighted by Crippen LogP contribution is 2.30. The van der Waals surface area contributed by atoms with Crippen LogP contribution in [0.5, 0.6) is 0 Å². The minimum atomic E-state index is -3.67. The summed E-state index contributed by atoms with van der Waals surface area (Å²) in [6.45, 7) is 5.44. The highest BCUT2D eigenvalue weighted by Gasteiger charge is 2.39. The van der Waals surface area contributed by atoms with Crippen LogP contribution >= 0.6 is 11.6 Å². The van der Waals surface area contributed by atoms with E-state index in [0.717, 1.165) is 0 Å². The number of nitrogens with one attached hydrogen (secondary N) is 1. The fourth-order valence-corrected chi connectivity index (χ4v) is 4.95. The molecule has 0 spiro atoms. The number of benzene rings is 1. The number of carbonyl (C=O) groups is 1. The fourth-order valence-electron chi connectivity index (χ4n) is 2.76. The van der Waals surface area contributed by atoms with Gasteiger partial charge in [-0.2, -0.15) is 5.10 Å². The van der Waals surface area contributed by atoms with E-state index < -0.39 is 26.7 Å². The topological polar surface area (TPSA) is 90.3 Å². The lowest BCUT2D eigenvalue weighted by Crippen LogP contribution is -2.33. The third-order valence-corrected chi connectivity index (χ3v) is 6.97. The van der Waals surface area contributed by atoms with E-state index in [1.807, 2.05) is 0 Å². The standard InChI is InChI=1S/C18H22ClN3O4S/c1-18(2,3)17(23)26-16-10-13(11-20-16)27(24,25)15-6-5-12(9-14(15)19)22-8-4-7-21-22/h4-9,13,16,20H,10-11H2,1-3H3/t13-,16?/m0/s1. The van der Waals surface area contributed by atoms with Crippen molar-refractivity contribution < 1.29 is 17.9 Å². The molecule has 1 saturated heterocycles. The zero-order chi connectivity index (χ0) is 19.8. The highest BCUT2D eigenvalue weighted by molar-refractivity contribution is 7.92. The quantitative estimate of drug-likeness (QED) is 0.777. The number of rotatable bonds is 4. The van der Waals surface area contributed by atoms with Crippen LogP contribution in [-0.2, 0) is 19.4 Å². The lowest BCUT2D eigenvalue weighted by atomic mass is 9.97. The van der Waals surface area contributed by atoms with E-state index in [1.54, 1.807) is 56.0 Å². The Morgan fingerprint density at radius 3 is 2.70 bits per heavy atom. The zero-order valence-electron chi connectivity index (χ0n) is 15.3. The van der Waals surface area contributed by atoms with Gasteiger partial charge in [-0.25, -0.2) is 13.1 Å². The SMILES string of the molecule is CC(C)(C)C(=O)OC1C[C@H](S(=O)(=O)c2ccc(-n3cccn3)cc2Cl)CN1. The Balaban J connectivity index is 1.76. The summed E-state index contributed by atoms with van der Waals surface area (Å²) in [5.74, 6) is -0.375. The number of carbonyl (C=O) groups excluding carboxylic acids is 1. The van der Waals surface area contributed by atoms with E-state index in [1.165, 1.54) is 6.07 Å². The first-order chi connectivity index (χ1) is 12.6. The first-order valence-electron chi connectivity index (χ1n) is 8.57. The molecule has 1 aromatic carbocycles. The van der Waals surface area contributed by atoms with E-state index in [9.17, 15) is 13.2 Å². The molecule has 0 radical (unpaired) electrons. The Labute approximate surface area is 163 Å². The van der Waals surface area contributed by atoms with Gasteiger partial charge in [-0.3, -0.25) is 10.1 Å². The van der Waals surface area contributed by atoms with Gasteiger partial charge in [0.05, 0.1) is 26.3 Å². The Bertz CT molecular complexity index is 936. The van der Waals surface area contributed by atoms with Gasteiger partial charge in [0.25, 0.3) is 0 Å². The summed E-state index contributed by atoms with van der Waals surface area (Å²) in [6, 6.07) is 6.48. The molecule has 1 aliphatic rings. The van der Waals surface area contributed by atoms with E-state index >= 15 is 0 Å². The van der Waals surface area contributed by atoms with Crippen molar-refractivity contribution in [3.63, 3.8) is 0 Å². The molecule has 2 atom stereocenters. The largest absolute Gasteiger partial charge is 0.446 e. The molecular weight excluding hydrogens is 390 g/mol. The predicted molar refractivity (Wildman–Crippen MR) is 102 cm³/mol. The van der Waals surface area contributed by atoms with Crippen molar-refractivity contribution in [1.29, 1.82) is 0 Å². The lowest BCUT2D eigenvalue weighted by Gasteiger charge is -2.20.